The smallest absolute Gasteiger partial charge is 0.255 e. The molecule has 0 saturated heterocycles. The quantitative estimate of drug-likeness (QED) is 0.881. The highest BCUT2D eigenvalue weighted by molar-refractivity contribution is 6.30. The van der Waals surface area contributed by atoms with Gasteiger partial charge in [-0.1, -0.05) is 30.9 Å². The van der Waals surface area contributed by atoms with Crippen molar-refractivity contribution >= 4 is 23.2 Å². The zero-order chi connectivity index (χ0) is 14.1. The Labute approximate surface area is 123 Å². The summed E-state index contributed by atoms with van der Waals surface area (Å²) in [6, 6.07) is 0.403. The number of nitrogens with one attached hydrogen (secondary N) is 1. The Kier molecular flexibility index (Phi) is 3.78. The number of fused-ring (bicyclic) bond motifs is 1. The predicted octanol–water partition coefficient (Wildman–Crippen LogP) is 3.47. The summed E-state index contributed by atoms with van der Waals surface area (Å²) in [5.41, 5.74) is 0.923. The Morgan fingerprint density at radius 2 is 2.10 bits per heavy atom. The molecular formula is C14H20ClN5. The van der Waals surface area contributed by atoms with E-state index in [1.807, 2.05) is 6.92 Å². The Morgan fingerprint density at radius 3 is 2.85 bits per heavy atom. The first-order valence-electron chi connectivity index (χ1n) is 7.29. The zero-order valence-electron chi connectivity index (χ0n) is 11.9. The summed E-state index contributed by atoms with van der Waals surface area (Å²) in [4.78, 5) is 8.35. The van der Waals surface area contributed by atoms with Crippen molar-refractivity contribution < 1.29 is 0 Å². The van der Waals surface area contributed by atoms with Crippen LogP contribution in [-0.2, 0) is 0 Å². The van der Waals surface area contributed by atoms with Crippen molar-refractivity contribution in [1.29, 1.82) is 0 Å². The molecule has 0 bridgehead atoms. The molecule has 2 aromatic rings. The maximum Gasteiger partial charge on any atom is 0.255 e. The number of hydrogen-bond acceptors (Lipinski definition) is 4. The first-order valence-corrected chi connectivity index (χ1v) is 7.67. The molecule has 20 heavy (non-hydrogen) atoms. The van der Waals surface area contributed by atoms with Gasteiger partial charge in [-0.3, -0.25) is 0 Å². The van der Waals surface area contributed by atoms with Crippen LogP contribution in [0.25, 0.3) is 5.78 Å². The Bertz CT molecular complexity index is 603. The SMILES string of the molecule is Cc1c(Cl)nc2ncnn2c1NC(C)C1CCCCC1. The predicted molar refractivity (Wildman–Crippen MR) is 80.2 cm³/mol. The minimum atomic E-state index is 0.403. The van der Waals surface area contributed by atoms with Crippen molar-refractivity contribution in [3.8, 4) is 0 Å². The molecule has 1 unspecified atom stereocenters. The molecule has 0 aliphatic heterocycles. The van der Waals surface area contributed by atoms with Crippen molar-refractivity contribution in [3.63, 3.8) is 0 Å². The third-order valence-corrected chi connectivity index (χ3v) is 4.69. The summed E-state index contributed by atoms with van der Waals surface area (Å²) in [7, 11) is 0. The van der Waals surface area contributed by atoms with Gasteiger partial charge in [0.05, 0.1) is 0 Å². The second-order valence-corrected chi connectivity index (χ2v) is 6.04. The van der Waals surface area contributed by atoms with Gasteiger partial charge in [0.25, 0.3) is 5.78 Å². The lowest BCUT2D eigenvalue weighted by Crippen LogP contribution is -2.29. The summed E-state index contributed by atoms with van der Waals surface area (Å²) in [6.07, 6.45) is 8.15. The summed E-state index contributed by atoms with van der Waals surface area (Å²) in [6.45, 7) is 4.21. The monoisotopic (exact) mass is 293 g/mol. The van der Waals surface area contributed by atoms with E-state index in [-0.39, 0.29) is 0 Å². The van der Waals surface area contributed by atoms with Crippen molar-refractivity contribution in [1.82, 2.24) is 19.6 Å². The van der Waals surface area contributed by atoms with Gasteiger partial charge in [0.2, 0.25) is 0 Å². The second-order valence-electron chi connectivity index (χ2n) is 5.68. The number of anilines is 1. The normalized spacial score (nSPS) is 18.4. The molecule has 1 N–H and O–H groups in total. The van der Waals surface area contributed by atoms with Crippen LogP contribution in [0.3, 0.4) is 0 Å². The fourth-order valence-electron chi connectivity index (χ4n) is 3.03. The summed E-state index contributed by atoms with van der Waals surface area (Å²) in [5, 5.41) is 8.32. The van der Waals surface area contributed by atoms with Crippen LogP contribution in [-0.4, -0.2) is 25.6 Å². The van der Waals surface area contributed by atoms with Crippen LogP contribution in [0, 0.1) is 12.8 Å². The topological polar surface area (TPSA) is 55.1 Å². The number of aromatic nitrogens is 4. The number of nitrogens with zero attached hydrogens (tertiary/aromatic N) is 4. The molecule has 0 radical (unpaired) electrons. The Morgan fingerprint density at radius 1 is 1.35 bits per heavy atom. The van der Waals surface area contributed by atoms with Gasteiger partial charge in [-0.2, -0.15) is 19.6 Å². The van der Waals surface area contributed by atoms with Crippen molar-refractivity contribution in [2.75, 3.05) is 5.32 Å². The van der Waals surface area contributed by atoms with Crippen LogP contribution in [0.4, 0.5) is 5.82 Å². The van der Waals surface area contributed by atoms with Crippen molar-refractivity contribution in [2.24, 2.45) is 5.92 Å². The third-order valence-electron chi connectivity index (χ3n) is 4.33. The van der Waals surface area contributed by atoms with Crippen LogP contribution >= 0.6 is 11.6 Å². The van der Waals surface area contributed by atoms with Crippen molar-refractivity contribution in [2.45, 2.75) is 52.0 Å². The lowest BCUT2D eigenvalue weighted by atomic mass is 9.84. The van der Waals surface area contributed by atoms with Gasteiger partial charge in [-0.05, 0) is 32.6 Å². The van der Waals surface area contributed by atoms with E-state index in [4.69, 9.17) is 11.6 Å². The average Bonchev–Trinajstić information content (AvgIpc) is 2.92. The number of halogens is 1. The van der Waals surface area contributed by atoms with Gasteiger partial charge >= 0.3 is 0 Å². The molecule has 3 rings (SSSR count). The molecule has 0 spiro atoms. The lowest BCUT2D eigenvalue weighted by molar-refractivity contribution is 0.327. The highest BCUT2D eigenvalue weighted by atomic mass is 35.5. The maximum atomic E-state index is 6.19. The third kappa shape index (κ3) is 2.46. The highest BCUT2D eigenvalue weighted by Gasteiger charge is 2.22. The largest absolute Gasteiger partial charge is 0.367 e. The van der Waals surface area contributed by atoms with E-state index in [1.165, 1.54) is 38.4 Å². The summed E-state index contributed by atoms with van der Waals surface area (Å²) >= 11 is 6.19. The number of rotatable bonds is 3. The van der Waals surface area contributed by atoms with Gasteiger partial charge in [-0.25, -0.2) is 0 Å². The fraction of sp³-hybridized carbons (Fsp3) is 0.643. The molecule has 2 heterocycles. The summed E-state index contributed by atoms with van der Waals surface area (Å²) in [5.74, 6) is 2.17. The van der Waals surface area contributed by atoms with Gasteiger partial charge in [0.15, 0.2) is 0 Å². The molecular weight excluding hydrogens is 274 g/mol. The molecule has 108 valence electrons. The van der Waals surface area contributed by atoms with Gasteiger partial charge < -0.3 is 5.32 Å². The minimum absolute atomic E-state index is 0.403. The molecule has 5 nitrogen and oxygen atoms in total. The standard InChI is InChI=1S/C14H20ClN5/c1-9-12(15)19-14-16-8-17-20(14)13(9)18-10(2)11-6-4-3-5-7-11/h8,10-11,18H,3-7H2,1-2H3. The van der Waals surface area contributed by atoms with Crippen LogP contribution < -0.4 is 5.32 Å². The molecule has 0 aromatic carbocycles. The molecule has 1 fully saturated rings. The summed E-state index contributed by atoms with van der Waals surface area (Å²) < 4.78 is 1.74. The molecule has 2 aromatic heterocycles. The second kappa shape index (κ2) is 5.56. The van der Waals surface area contributed by atoms with E-state index in [1.54, 1.807) is 4.52 Å². The lowest BCUT2D eigenvalue weighted by Gasteiger charge is -2.29. The van der Waals surface area contributed by atoms with Crippen molar-refractivity contribution in [3.05, 3.63) is 17.0 Å². The van der Waals surface area contributed by atoms with Crippen LogP contribution in [0.1, 0.15) is 44.6 Å². The van der Waals surface area contributed by atoms with Gasteiger partial charge in [0.1, 0.15) is 17.3 Å². The molecule has 6 heteroatoms. The Balaban J connectivity index is 1.89. The van der Waals surface area contributed by atoms with E-state index < -0.39 is 0 Å². The first kappa shape index (κ1) is 13.6. The van der Waals surface area contributed by atoms with E-state index in [0.717, 1.165) is 11.4 Å². The van der Waals surface area contributed by atoms with Gasteiger partial charge in [-0.15, -0.1) is 0 Å². The van der Waals surface area contributed by atoms with Crippen LogP contribution in [0.5, 0.6) is 0 Å². The Hall–Kier alpha value is -1.36. The highest BCUT2D eigenvalue weighted by Crippen LogP contribution is 2.29. The molecule has 0 amide bonds. The minimum Gasteiger partial charge on any atom is -0.367 e. The number of hydrogen-bond donors (Lipinski definition) is 1. The molecule has 1 aliphatic rings. The van der Waals surface area contributed by atoms with E-state index in [2.05, 4.69) is 27.3 Å². The van der Waals surface area contributed by atoms with E-state index in [0.29, 0.717) is 22.9 Å². The molecule has 1 aliphatic carbocycles. The van der Waals surface area contributed by atoms with E-state index in [9.17, 15) is 0 Å². The van der Waals surface area contributed by atoms with Crippen LogP contribution in [0.2, 0.25) is 5.15 Å². The van der Waals surface area contributed by atoms with Crippen LogP contribution in [0.15, 0.2) is 6.33 Å². The van der Waals surface area contributed by atoms with E-state index >= 15 is 0 Å². The average molecular weight is 294 g/mol. The van der Waals surface area contributed by atoms with Gasteiger partial charge in [0, 0.05) is 11.6 Å². The zero-order valence-corrected chi connectivity index (χ0v) is 12.7. The molecule has 1 atom stereocenters. The first-order chi connectivity index (χ1) is 9.66. The fourth-order valence-corrected chi connectivity index (χ4v) is 3.20. The molecule has 1 saturated carbocycles. The maximum absolute atomic E-state index is 6.19.